The number of carbonyl (C=O) groups excluding carboxylic acids is 1. The zero-order valence-electron chi connectivity index (χ0n) is 7.58. The molecule has 3 aliphatic rings. The summed E-state index contributed by atoms with van der Waals surface area (Å²) in [6, 6.07) is 0. The Morgan fingerprint density at radius 1 is 1.17 bits per heavy atom. The van der Waals surface area contributed by atoms with Gasteiger partial charge in [-0.3, -0.25) is 0 Å². The molecule has 0 aliphatic heterocycles. The van der Waals surface area contributed by atoms with E-state index in [1.54, 1.807) is 0 Å². The van der Waals surface area contributed by atoms with Crippen LogP contribution in [0, 0.1) is 17.8 Å². The molecule has 0 heterocycles. The van der Waals surface area contributed by atoms with E-state index in [4.69, 9.17) is 0 Å². The summed E-state index contributed by atoms with van der Waals surface area (Å²) in [4.78, 5) is 10.6. The van der Waals surface area contributed by atoms with Crippen LogP contribution in [-0.2, 0) is 4.79 Å². The van der Waals surface area contributed by atoms with E-state index in [2.05, 4.69) is 0 Å². The van der Waals surface area contributed by atoms with Gasteiger partial charge in [-0.05, 0) is 31.1 Å². The largest absolute Gasteiger partial charge is 1.00 e. The SMILES string of the molecule is O=C([O-])C1CC2CCC1CC2.[Li+]. The van der Waals surface area contributed by atoms with Crippen LogP contribution in [0.3, 0.4) is 0 Å². The maximum absolute atomic E-state index is 10.6. The Bertz CT molecular complexity index is 173. The minimum Gasteiger partial charge on any atom is -0.550 e. The first-order chi connectivity index (χ1) is 5.27. The summed E-state index contributed by atoms with van der Waals surface area (Å²) in [5, 5.41) is 10.6. The molecule has 3 saturated carbocycles. The quantitative estimate of drug-likeness (QED) is 0.400. The zero-order chi connectivity index (χ0) is 7.84. The smallest absolute Gasteiger partial charge is 0.550 e. The van der Waals surface area contributed by atoms with Gasteiger partial charge in [-0.15, -0.1) is 0 Å². The average Bonchev–Trinajstić information content (AvgIpc) is 2.06. The van der Waals surface area contributed by atoms with Crippen molar-refractivity contribution >= 4 is 5.97 Å². The van der Waals surface area contributed by atoms with Gasteiger partial charge in [-0.2, -0.15) is 0 Å². The number of carboxylic acids is 1. The van der Waals surface area contributed by atoms with E-state index < -0.39 is 5.97 Å². The summed E-state index contributed by atoms with van der Waals surface area (Å²) >= 11 is 0. The van der Waals surface area contributed by atoms with Gasteiger partial charge in [0, 0.05) is 11.9 Å². The molecule has 0 aromatic heterocycles. The second kappa shape index (κ2) is 3.85. The van der Waals surface area contributed by atoms with Gasteiger partial charge >= 0.3 is 18.9 Å². The molecule has 0 aromatic rings. The topological polar surface area (TPSA) is 40.1 Å². The Morgan fingerprint density at radius 3 is 2.00 bits per heavy atom. The molecule has 0 saturated heterocycles. The molecule has 62 valence electrons. The van der Waals surface area contributed by atoms with Crippen molar-refractivity contribution in [2.75, 3.05) is 0 Å². The van der Waals surface area contributed by atoms with Crippen LogP contribution in [0.2, 0.25) is 0 Å². The molecule has 12 heavy (non-hydrogen) atoms. The molecule has 0 amide bonds. The van der Waals surface area contributed by atoms with Gasteiger partial charge in [0.15, 0.2) is 0 Å². The van der Waals surface area contributed by atoms with E-state index in [-0.39, 0.29) is 24.8 Å². The van der Waals surface area contributed by atoms with Crippen molar-refractivity contribution in [2.45, 2.75) is 32.1 Å². The van der Waals surface area contributed by atoms with Crippen molar-refractivity contribution in [3.63, 3.8) is 0 Å². The van der Waals surface area contributed by atoms with E-state index in [0.717, 1.165) is 19.3 Å². The van der Waals surface area contributed by atoms with E-state index in [1.807, 2.05) is 0 Å². The monoisotopic (exact) mass is 160 g/mol. The van der Waals surface area contributed by atoms with Crippen LogP contribution in [0.1, 0.15) is 32.1 Å². The van der Waals surface area contributed by atoms with E-state index >= 15 is 0 Å². The van der Waals surface area contributed by atoms with E-state index in [1.165, 1.54) is 12.8 Å². The van der Waals surface area contributed by atoms with Crippen LogP contribution < -0.4 is 24.0 Å². The number of hydrogen-bond acceptors (Lipinski definition) is 2. The third-order valence-electron chi connectivity index (χ3n) is 3.35. The Morgan fingerprint density at radius 2 is 1.75 bits per heavy atom. The number of carbonyl (C=O) groups is 1. The number of hydrogen-bond donors (Lipinski definition) is 0. The maximum Gasteiger partial charge on any atom is 1.00 e. The second-order valence-electron chi connectivity index (χ2n) is 3.94. The summed E-state index contributed by atoms with van der Waals surface area (Å²) in [6.07, 6.45) is 5.67. The molecular weight excluding hydrogens is 147 g/mol. The fraction of sp³-hybridized carbons (Fsp3) is 0.889. The van der Waals surface area contributed by atoms with Crippen molar-refractivity contribution in [2.24, 2.45) is 17.8 Å². The van der Waals surface area contributed by atoms with Crippen LogP contribution in [0.4, 0.5) is 0 Å². The molecule has 0 aromatic carbocycles. The second-order valence-corrected chi connectivity index (χ2v) is 3.94. The Hall–Kier alpha value is 0.0674. The summed E-state index contributed by atoms with van der Waals surface area (Å²) in [6.45, 7) is 0. The molecule has 1 atom stereocenters. The van der Waals surface area contributed by atoms with Gasteiger partial charge < -0.3 is 9.90 Å². The van der Waals surface area contributed by atoms with Crippen LogP contribution in [0.15, 0.2) is 0 Å². The number of rotatable bonds is 1. The molecule has 2 nitrogen and oxygen atoms in total. The Labute approximate surface area is 84.9 Å². The van der Waals surface area contributed by atoms with Crippen molar-refractivity contribution in [1.29, 1.82) is 0 Å². The average molecular weight is 160 g/mol. The van der Waals surface area contributed by atoms with Crippen LogP contribution in [-0.4, -0.2) is 5.97 Å². The molecule has 0 radical (unpaired) electrons. The van der Waals surface area contributed by atoms with Crippen molar-refractivity contribution < 1.29 is 28.8 Å². The van der Waals surface area contributed by atoms with Crippen molar-refractivity contribution in [1.82, 2.24) is 0 Å². The zero-order valence-corrected chi connectivity index (χ0v) is 7.58. The third-order valence-corrected chi connectivity index (χ3v) is 3.35. The Balaban J connectivity index is 0.000000720. The first kappa shape index (κ1) is 10.2. The van der Waals surface area contributed by atoms with Crippen LogP contribution in [0.5, 0.6) is 0 Å². The summed E-state index contributed by atoms with van der Waals surface area (Å²) in [7, 11) is 0. The van der Waals surface area contributed by atoms with Crippen LogP contribution in [0.25, 0.3) is 0 Å². The van der Waals surface area contributed by atoms with Gasteiger partial charge in [0.05, 0.1) is 0 Å². The number of carboxylic acid groups (broad SMARTS) is 1. The predicted octanol–water partition coefficient (Wildman–Crippen LogP) is -2.43. The predicted molar refractivity (Wildman–Crippen MR) is 38.6 cm³/mol. The minimum absolute atomic E-state index is 0. The fourth-order valence-electron chi connectivity index (χ4n) is 2.67. The van der Waals surface area contributed by atoms with Crippen molar-refractivity contribution in [3.8, 4) is 0 Å². The molecule has 0 N–H and O–H groups in total. The molecule has 3 fully saturated rings. The third kappa shape index (κ3) is 1.70. The molecule has 1 unspecified atom stereocenters. The van der Waals surface area contributed by atoms with Gasteiger partial charge in [-0.1, -0.05) is 12.8 Å². The fourth-order valence-corrected chi connectivity index (χ4v) is 2.67. The summed E-state index contributed by atoms with van der Waals surface area (Å²) in [5.74, 6) is 0.231. The Kier molecular flexibility index (Phi) is 3.26. The molecule has 2 bridgehead atoms. The number of aliphatic carboxylic acids is 1. The van der Waals surface area contributed by atoms with Gasteiger partial charge in [-0.25, -0.2) is 0 Å². The van der Waals surface area contributed by atoms with Crippen LogP contribution >= 0.6 is 0 Å². The van der Waals surface area contributed by atoms with Gasteiger partial charge in [0.25, 0.3) is 0 Å². The normalized spacial score (nSPS) is 38.8. The molecule has 3 aliphatic carbocycles. The molecule has 0 spiro atoms. The summed E-state index contributed by atoms with van der Waals surface area (Å²) < 4.78 is 0. The van der Waals surface area contributed by atoms with E-state index in [0.29, 0.717) is 11.8 Å². The van der Waals surface area contributed by atoms with Gasteiger partial charge in [0.1, 0.15) is 0 Å². The van der Waals surface area contributed by atoms with Crippen molar-refractivity contribution in [3.05, 3.63) is 0 Å². The first-order valence-electron chi connectivity index (χ1n) is 4.48. The molecule has 3 heteroatoms. The maximum atomic E-state index is 10.6. The molecule has 3 rings (SSSR count). The summed E-state index contributed by atoms with van der Waals surface area (Å²) in [5.41, 5.74) is 0. The standard InChI is InChI=1S/C9H14O2.Li/c10-9(11)8-5-6-1-3-7(8)4-2-6;/h6-8H,1-5H2,(H,10,11);/q;+1/p-1. The molecular formula is C9H13LiO2. The van der Waals surface area contributed by atoms with E-state index in [9.17, 15) is 9.90 Å². The number of fused-ring (bicyclic) bond motifs is 3. The first-order valence-corrected chi connectivity index (χ1v) is 4.48. The minimum atomic E-state index is -0.806. The van der Waals surface area contributed by atoms with Gasteiger partial charge in [0.2, 0.25) is 0 Å².